The van der Waals surface area contributed by atoms with Crippen LogP contribution in [0.15, 0.2) is 24.3 Å². The van der Waals surface area contributed by atoms with Gasteiger partial charge in [-0.05, 0) is 57.1 Å². The second kappa shape index (κ2) is 8.25. The number of hydrogen-bond acceptors (Lipinski definition) is 3. The van der Waals surface area contributed by atoms with Gasteiger partial charge in [0.1, 0.15) is 0 Å². The van der Waals surface area contributed by atoms with Gasteiger partial charge in [0.2, 0.25) is 5.91 Å². The number of aryl methyl sites for hydroxylation is 1. The Bertz CT molecular complexity index is 439. The molecule has 1 aliphatic heterocycles. The van der Waals surface area contributed by atoms with Gasteiger partial charge in [0.15, 0.2) is 0 Å². The summed E-state index contributed by atoms with van der Waals surface area (Å²) in [4.78, 5) is 14.2. The molecule has 1 saturated heterocycles. The Balaban J connectivity index is 0.00000200. The van der Waals surface area contributed by atoms with E-state index in [1.54, 1.807) is 0 Å². The van der Waals surface area contributed by atoms with Crippen molar-refractivity contribution in [1.29, 1.82) is 0 Å². The zero-order valence-corrected chi connectivity index (χ0v) is 13.0. The van der Waals surface area contributed by atoms with Crippen LogP contribution in [-0.4, -0.2) is 44.0 Å². The maximum atomic E-state index is 12.0. The molecule has 1 atom stereocenters. The average Bonchev–Trinajstić information content (AvgIpc) is 2.77. The monoisotopic (exact) mass is 297 g/mol. The van der Waals surface area contributed by atoms with E-state index in [0.29, 0.717) is 12.5 Å². The predicted molar refractivity (Wildman–Crippen MR) is 85.5 cm³/mol. The highest BCUT2D eigenvalue weighted by molar-refractivity contribution is 5.92. The number of nitrogens with zero attached hydrogens (tertiary/aromatic N) is 1. The van der Waals surface area contributed by atoms with Crippen molar-refractivity contribution in [2.75, 3.05) is 38.5 Å². The number of rotatable bonds is 5. The van der Waals surface area contributed by atoms with E-state index in [1.807, 2.05) is 38.2 Å². The quantitative estimate of drug-likeness (QED) is 0.872. The molecule has 1 aromatic rings. The van der Waals surface area contributed by atoms with Crippen molar-refractivity contribution in [1.82, 2.24) is 10.2 Å². The number of benzene rings is 1. The first kappa shape index (κ1) is 17.0. The first-order valence-corrected chi connectivity index (χ1v) is 6.91. The van der Waals surface area contributed by atoms with Crippen LogP contribution in [0.4, 0.5) is 5.69 Å². The van der Waals surface area contributed by atoms with Crippen LogP contribution in [-0.2, 0) is 4.79 Å². The summed E-state index contributed by atoms with van der Waals surface area (Å²) in [5, 5.41) is 6.16. The SMILES string of the molecule is CNCC1CCN(CC(=O)Nc2cccc(C)c2)C1.Cl. The van der Waals surface area contributed by atoms with Crippen molar-refractivity contribution in [3.05, 3.63) is 29.8 Å². The van der Waals surface area contributed by atoms with Gasteiger partial charge in [-0.15, -0.1) is 12.4 Å². The zero-order chi connectivity index (χ0) is 13.7. The Morgan fingerprint density at radius 2 is 2.25 bits per heavy atom. The molecule has 0 spiro atoms. The van der Waals surface area contributed by atoms with Crippen LogP contribution >= 0.6 is 12.4 Å². The smallest absolute Gasteiger partial charge is 0.238 e. The van der Waals surface area contributed by atoms with E-state index in [4.69, 9.17) is 0 Å². The third kappa shape index (κ3) is 5.12. The summed E-state index contributed by atoms with van der Waals surface area (Å²) in [6.45, 7) is 5.60. The Morgan fingerprint density at radius 3 is 2.95 bits per heavy atom. The second-order valence-electron chi connectivity index (χ2n) is 5.37. The third-order valence-corrected chi connectivity index (χ3v) is 3.53. The van der Waals surface area contributed by atoms with Crippen molar-refractivity contribution >= 4 is 24.0 Å². The molecule has 4 nitrogen and oxygen atoms in total. The lowest BCUT2D eigenvalue weighted by atomic mass is 10.1. The van der Waals surface area contributed by atoms with Crippen LogP contribution in [0.2, 0.25) is 0 Å². The van der Waals surface area contributed by atoms with Gasteiger partial charge in [0.25, 0.3) is 0 Å². The molecule has 20 heavy (non-hydrogen) atoms. The molecule has 1 fully saturated rings. The Labute approximate surface area is 127 Å². The highest BCUT2D eigenvalue weighted by atomic mass is 35.5. The minimum absolute atomic E-state index is 0. The Morgan fingerprint density at radius 1 is 1.45 bits per heavy atom. The molecule has 1 aromatic carbocycles. The molecule has 0 aliphatic carbocycles. The molecule has 1 heterocycles. The Kier molecular flexibility index (Phi) is 6.99. The lowest BCUT2D eigenvalue weighted by Gasteiger charge is -2.15. The van der Waals surface area contributed by atoms with Gasteiger partial charge in [0.05, 0.1) is 6.54 Å². The number of anilines is 1. The summed E-state index contributed by atoms with van der Waals surface area (Å²) in [6, 6.07) is 7.91. The van der Waals surface area contributed by atoms with Crippen LogP contribution in [0.1, 0.15) is 12.0 Å². The molecule has 0 radical (unpaired) electrons. The molecule has 1 amide bonds. The lowest BCUT2D eigenvalue weighted by Crippen LogP contribution is -2.32. The predicted octanol–water partition coefficient (Wildman–Crippen LogP) is 1.90. The Hall–Kier alpha value is -1.10. The number of carbonyl (C=O) groups excluding carboxylic acids is 1. The number of amides is 1. The van der Waals surface area contributed by atoms with Crippen molar-refractivity contribution in [2.45, 2.75) is 13.3 Å². The maximum absolute atomic E-state index is 12.0. The second-order valence-corrected chi connectivity index (χ2v) is 5.37. The molecule has 2 rings (SSSR count). The van der Waals surface area contributed by atoms with Gasteiger partial charge < -0.3 is 10.6 Å². The molecule has 0 bridgehead atoms. The molecular formula is C15H24ClN3O. The highest BCUT2D eigenvalue weighted by Crippen LogP contribution is 2.15. The van der Waals surface area contributed by atoms with E-state index in [1.165, 1.54) is 6.42 Å². The van der Waals surface area contributed by atoms with E-state index in [9.17, 15) is 4.79 Å². The summed E-state index contributed by atoms with van der Waals surface area (Å²) >= 11 is 0. The minimum Gasteiger partial charge on any atom is -0.325 e. The number of nitrogens with one attached hydrogen (secondary N) is 2. The van der Waals surface area contributed by atoms with E-state index in [2.05, 4.69) is 15.5 Å². The fourth-order valence-corrected chi connectivity index (χ4v) is 2.64. The molecule has 112 valence electrons. The van der Waals surface area contributed by atoms with Crippen LogP contribution in [0.25, 0.3) is 0 Å². The molecule has 5 heteroatoms. The van der Waals surface area contributed by atoms with Crippen molar-refractivity contribution in [3.63, 3.8) is 0 Å². The lowest BCUT2D eigenvalue weighted by molar-refractivity contribution is -0.117. The van der Waals surface area contributed by atoms with Crippen molar-refractivity contribution < 1.29 is 4.79 Å². The topological polar surface area (TPSA) is 44.4 Å². The fourth-order valence-electron chi connectivity index (χ4n) is 2.64. The zero-order valence-electron chi connectivity index (χ0n) is 12.2. The van der Waals surface area contributed by atoms with E-state index >= 15 is 0 Å². The van der Waals surface area contributed by atoms with Crippen molar-refractivity contribution in [3.8, 4) is 0 Å². The summed E-state index contributed by atoms with van der Waals surface area (Å²) < 4.78 is 0. The highest BCUT2D eigenvalue weighted by Gasteiger charge is 2.23. The summed E-state index contributed by atoms with van der Waals surface area (Å²) in [5.74, 6) is 0.757. The standard InChI is InChI=1S/C15H23N3O.ClH/c1-12-4-3-5-14(8-12)17-15(19)11-18-7-6-13(10-18)9-16-2;/h3-5,8,13,16H,6-7,9-11H2,1-2H3,(H,17,19);1H. The number of likely N-dealkylation sites (tertiary alicyclic amines) is 1. The van der Waals surface area contributed by atoms with E-state index < -0.39 is 0 Å². The summed E-state index contributed by atoms with van der Waals surface area (Å²) in [7, 11) is 1.98. The van der Waals surface area contributed by atoms with E-state index in [0.717, 1.165) is 30.9 Å². The molecule has 1 aliphatic rings. The normalized spacial score (nSPS) is 18.6. The van der Waals surface area contributed by atoms with Crippen molar-refractivity contribution in [2.24, 2.45) is 5.92 Å². The first-order chi connectivity index (χ1) is 9.17. The maximum Gasteiger partial charge on any atom is 0.238 e. The van der Waals surface area contributed by atoms with Gasteiger partial charge >= 0.3 is 0 Å². The van der Waals surface area contributed by atoms with Gasteiger partial charge in [-0.3, -0.25) is 9.69 Å². The van der Waals surface area contributed by atoms with Crippen LogP contribution in [0, 0.1) is 12.8 Å². The van der Waals surface area contributed by atoms with Gasteiger partial charge in [-0.2, -0.15) is 0 Å². The summed E-state index contributed by atoms with van der Waals surface area (Å²) in [5.41, 5.74) is 2.05. The van der Waals surface area contributed by atoms with Crippen LogP contribution in [0.5, 0.6) is 0 Å². The fraction of sp³-hybridized carbons (Fsp3) is 0.533. The number of hydrogen-bond donors (Lipinski definition) is 2. The molecule has 0 saturated carbocycles. The first-order valence-electron chi connectivity index (χ1n) is 6.91. The van der Waals surface area contributed by atoms with Gasteiger partial charge in [-0.1, -0.05) is 12.1 Å². The number of carbonyl (C=O) groups is 1. The number of halogens is 1. The van der Waals surface area contributed by atoms with Gasteiger partial charge in [0, 0.05) is 12.2 Å². The molecular weight excluding hydrogens is 274 g/mol. The third-order valence-electron chi connectivity index (χ3n) is 3.53. The molecule has 2 N–H and O–H groups in total. The molecule has 0 aromatic heterocycles. The van der Waals surface area contributed by atoms with Crippen LogP contribution in [0.3, 0.4) is 0 Å². The van der Waals surface area contributed by atoms with Crippen LogP contribution < -0.4 is 10.6 Å². The average molecular weight is 298 g/mol. The minimum atomic E-state index is 0. The van der Waals surface area contributed by atoms with Gasteiger partial charge in [-0.25, -0.2) is 0 Å². The molecule has 1 unspecified atom stereocenters. The summed E-state index contributed by atoms with van der Waals surface area (Å²) in [6.07, 6.45) is 1.18. The largest absolute Gasteiger partial charge is 0.325 e. The van der Waals surface area contributed by atoms with E-state index in [-0.39, 0.29) is 18.3 Å².